The Hall–Kier alpha value is -3.04. The van der Waals surface area contributed by atoms with Crippen molar-refractivity contribution in [3.05, 3.63) is 56.1 Å². The Balaban J connectivity index is 1.48. The molecule has 0 aromatic heterocycles. The Kier molecular flexibility index (Phi) is 6.73. The van der Waals surface area contributed by atoms with E-state index in [0.717, 1.165) is 0 Å². The van der Waals surface area contributed by atoms with E-state index in [1.54, 1.807) is 18.2 Å². The van der Waals surface area contributed by atoms with E-state index < -0.39 is 4.92 Å². The maximum Gasteiger partial charge on any atom is 0.282 e. The van der Waals surface area contributed by atoms with Gasteiger partial charge in [0.15, 0.2) is 11.5 Å². The number of hydrogen-bond donors (Lipinski definition) is 1. The molecule has 0 atom stereocenters. The van der Waals surface area contributed by atoms with Gasteiger partial charge in [-0.15, -0.1) is 0 Å². The summed E-state index contributed by atoms with van der Waals surface area (Å²) in [4.78, 5) is 22.5. The molecule has 1 N–H and O–H groups in total. The summed E-state index contributed by atoms with van der Waals surface area (Å²) in [6, 6.07) is 7.55. The fourth-order valence-corrected chi connectivity index (χ4v) is 2.91. The van der Waals surface area contributed by atoms with Gasteiger partial charge >= 0.3 is 0 Å². The zero-order valence-corrected chi connectivity index (χ0v) is 16.4. The van der Waals surface area contributed by atoms with E-state index in [0.29, 0.717) is 33.7 Å². The summed E-state index contributed by atoms with van der Waals surface area (Å²) in [5.41, 5.74) is 2.29. The average Bonchev–Trinajstić information content (AvgIpc) is 3.13. The van der Waals surface area contributed by atoms with Gasteiger partial charge in [-0.25, -0.2) is 5.43 Å². The van der Waals surface area contributed by atoms with Crippen molar-refractivity contribution < 1.29 is 23.9 Å². The molecule has 0 fully saturated rings. The zero-order chi connectivity index (χ0) is 20.8. The molecule has 0 aliphatic carbocycles. The topological polar surface area (TPSA) is 112 Å². The molecular formula is C18H15Cl2N3O6. The number of nitro groups is 1. The number of nitrogens with one attached hydrogen (secondary N) is 1. The van der Waals surface area contributed by atoms with Crippen LogP contribution in [0.1, 0.15) is 18.4 Å². The first-order valence-electron chi connectivity index (χ1n) is 8.42. The van der Waals surface area contributed by atoms with Gasteiger partial charge in [0.1, 0.15) is 5.75 Å². The van der Waals surface area contributed by atoms with E-state index in [-0.39, 0.29) is 37.0 Å². The van der Waals surface area contributed by atoms with Gasteiger partial charge < -0.3 is 14.2 Å². The molecule has 0 spiro atoms. The number of amides is 1. The third kappa shape index (κ3) is 5.49. The lowest BCUT2D eigenvalue weighted by molar-refractivity contribution is -0.385. The van der Waals surface area contributed by atoms with Crippen LogP contribution in [0.25, 0.3) is 0 Å². The van der Waals surface area contributed by atoms with Gasteiger partial charge in [0.2, 0.25) is 12.7 Å². The summed E-state index contributed by atoms with van der Waals surface area (Å²) >= 11 is 11.8. The number of nitrogens with zero attached hydrogens (tertiary/aromatic N) is 2. The standard InChI is InChI=1S/C18H15Cl2N3O6/c19-12-3-4-15(13(20)7-12)27-5-1-2-18(24)22-21-9-11-6-16-17(29-10-28-16)8-14(11)23(25)26/h3-4,6-9H,1-2,5,10H2,(H,22,24). The molecular weight excluding hydrogens is 425 g/mol. The summed E-state index contributed by atoms with van der Waals surface area (Å²) < 4.78 is 15.8. The predicted molar refractivity (Wildman–Crippen MR) is 106 cm³/mol. The summed E-state index contributed by atoms with van der Waals surface area (Å²) in [6.07, 6.45) is 1.75. The van der Waals surface area contributed by atoms with E-state index in [4.69, 9.17) is 37.4 Å². The molecule has 152 valence electrons. The first-order chi connectivity index (χ1) is 13.9. The number of hydrogen-bond acceptors (Lipinski definition) is 7. The number of carbonyl (C=O) groups is 1. The Labute approximate surface area is 175 Å². The minimum atomic E-state index is -0.565. The minimum absolute atomic E-state index is 0.00682. The number of benzene rings is 2. The molecule has 9 nitrogen and oxygen atoms in total. The van der Waals surface area contributed by atoms with Crippen molar-refractivity contribution in [1.29, 1.82) is 0 Å². The molecule has 0 unspecified atom stereocenters. The van der Waals surface area contributed by atoms with Crippen LogP contribution in [0.4, 0.5) is 5.69 Å². The summed E-state index contributed by atoms with van der Waals surface area (Å²) in [7, 11) is 0. The number of hydrazone groups is 1. The minimum Gasteiger partial charge on any atom is -0.492 e. The molecule has 3 rings (SSSR count). The molecule has 1 aliphatic rings. The summed E-state index contributed by atoms with van der Waals surface area (Å²) in [5.74, 6) is 0.778. The lowest BCUT2D eigenvalue weighted by Crippen LogP contribution is -2.18. The van der Waals surface area contributed by atoms with Crippen molar-refractivity contribution in [3.63, 3.8) is 0 Å². The number of halogens is 2. The molecule has 29 heavy (non-hydrogen) atoms. The zero-order valence-electron chi connectivity index (χ0n) is 14.9. The van der Waals surface area contributed by atoms with Crippen LogP contribution < -0.4 is 19.6 Å². The van der Waals surface area contributed by atoms with E-state index >= 15 is 0 Å². The van der Waals surface area contributed by atoms with Crippen LogP contribution in [0.15, 0.2) is 35.4 Å². The van der Waals surface area contributed by atoms with Gasteiger partial charge in [-0.05, 0) is 30.7 Å². The van der Waals surface area contributed by atoms with Crippen LogP contribution in [0.2, 0.25) is 10.0 Å². The van der Waals surface area contributed by atoms with Crippen molar-refractivity contribution in [2.45, 2.75) is 12.8 Å². The van der Waals surface area contributed by atoms with Crippen LogP contribution in [0, 0.1) is 10.1 Å². The monoisotopic (exact) mass is 439 g/mol. The Morgan fingerprint density at radius 2 is 2.03 bits per heavy atom. The molecule has 1 amide bonds. The van der Waals surface area contributed by atoms with Crippen LogP contribution in [-0.4, -0.2) is 30.4 Å². The molecule has 1 aliphatic heterocycles. The highest BCUT2D eigenvalue weighted by molar-refractivity contribution is 6.35. The molecule has 0 saturated carbocycles. The first-order valence-corrected chi connectivity index (χ1v) is 9.17. The van der Waals surface area contributed by atoms with Crippen molar-refractivity contribution >= 4 is 41.0 Å². The first kappa shape index (κ1) is 20.7. The fraction of sp³-hybridized carbons (Fsp3) is 0.222. The quantitative estimate of drug-likeness (QED) is 0.288. The Morgan fingerprint density at radius 3 is 2.76 bits per heavy atom. The van der Waals surface area contributed by atoms with E-state index in [1.807, 2.05) is 0 Å². The van der Waals surface area contributed by atoms with Crippen molar-refractivity contribution in [2.24, 2.45) is 5.10 Å². The second-order valence-electron chi connectivity index (χ2n) is 5.84. The smallest absolute Gasteiger partial charge is 0.282 e. The SMILES string of the molecule is O=C(CCCOc1ccc(Cl)cc1Cl)NN=Cc1cc2c(cc1[N+](=O)[O-])OCO2. The summed E-state index contributed by atoms with van der Waals surface area (Å²) in [6.45, 7) is 0.263. The van der Waals surface area contributed by atoms with Crippen LogP contribution >= 0.6 is 23.2 Å². The van der Waals surface area contributed by atoms with Crippen molar-refractivity contribution in [2.75, 3.05) is 13.4 Å². The van der Waals surface area contributed by atoms with Crippen LogP contribution in [-0.2, 0) is 4.79 Å². The van der Waals surface area contributed by atoms with Gasteiger partial charge in [-0.1, -0.05) is 23.2 Å². The molecule has 11 heteroatoms. The van der Waals surface area contributed by atoms with Crippen LogP contribution in [0.3, 0.4) is 0 Å². The maximum atomic E-state index is 11.9. The van der Waals surface area contributed by atoms with Gasteiger partial charge in [0.05, 0.1) is 34.4 Å². The largest absolute Gasteiger partial charge is 0.492 e. The lowest BCUT2D eigenvalue weighted by atomic mass is 10.1. The number of rotatable bonds is 8. The predicted octanol–water partition coefficient (Wildman–Crippen LogP) is 3.94. The second-order valence-corrected chi connectivity index (χ2v) is 6.68. The number of ether oxygens (including phenoxy) is 3. The van der Waals surface area contributed by atoms with E-state index in [1.165, 1.54) is 18.3 Å². The molecule has 0 bridgehead atoms. The van der Waals surface area contributed by atoms with E-state index in [2.05, 4.69) is 10.5 Å². The lowest BCUT2D eigenvalue weighted by Gasteiger charge is -2.07. The average molecular weight is 440 g/mol. The molecule has 2 aromatic rings. The number of carbonyl (C=O) groups excluding carboxylic acids is 1. The Morgan fingerprint density at radius 1 is 1.28 bits per heavy atom. The highest BCUT2D eigenvalue weighted by atomic mass is 35.5. The molecule has 1 heterocycles. The highest BCUT2D eigenvalue weighted by Crippen LogP contribution is 2.37. The van der Waals surface area contributed by atoms with Gasteiger partial charge in [0, 0.05) is 11.4 Å². The Bertz CT molecular complexity index is 967. The number of nitro benzene ring substituents is 1. The second kappa shape index (κ2) is 9.44. The number of fused-ring (bicyclic) bond motifs is 1. The third-order valence-corrected chi connectivity index (χ3v) is 4.34. The fourth-order valence-electron chi connectivity index (χ4n) is 2.45. The van der Waals surface area contributed by atoms with Gasteiger partial charge in [-0.2, -0.15) is 5.10 Å². The maximum absolute atomic E-state index is 11.9. The van der Waals surface area contributed by atoms with Crippen molar-refractivity contribution in [3.8, 4) is 17.2 Å². The van der Waals surface area contributed by atoms with Crippen molar-refractivity contribution in [1.82, 2.24) is 5.43 Å². The highest BCUT2D eigenvalue weighted by Gasteiger charge is 2.22. The molecule has 2 aromatic carbocycles. The van der Waals surface area contributed by atoms with Gasteiger partial charge in [-0.3, -0.25) is 14.9 Å². The van der Waals surface area contributed by atoms with Crippen LogP contribution in [0.5, 0.6) is 17.2 Å². The van der Waals surface area contributed by atoms with Gasteiger partial charge in [0.25, 0.3) is 5.69 Å². The molecule has 0 saturated heterocycles. The molecule has 0 radical (unpaired) electrons. The summed E-state index contributed by atoms with van der Waals surface area (Å²) in [5, 5.41) is 15.8. The normalized spacial score (nSPS) is 12.2. The van der Waals surface area contributed by atoms with E-state index in [9.17, 15) is 14.9 Å². The third-order valence-electron chi connectivity index (χ3n) is 3.81.